The van der Waals surface area contributed by atoms with E-state index in [2.05, 4.69) is 0 Å². The first-order chi connectivity index (χ1) is 9.93. The second kappa shape index (κ2) is 6.22. The van der Waals surface area contributed by atoms with Crippen molar-refractivity contribution in [3.05, 3.63) is 60.2 Å². The predicted molar refractivity (Wildman–Crippen MR) is 85.1 cm³/mol. The molecule has 2 rings (SSSR count). The van der Waals surface area contributed by atoms with Gasteiger partial charge in [0, 0.05) is 11.8 Å². The molecule has 0 N–H and O–H groups in total. The lowest BCUT2D eigenvalue weighted by molar-refractivity contribution is 0.0985. The van der Waals surface area contributed by atoms with Crippen molar-refractivity contribution in [3.63, 3.8) is 0 Å². The van der Waals surface area contributed by atoms with Gasteiger partial charge in [-0.3, -0.25) is 4.79 Å². The van der Waals surface area contributed by atoms with Gasteiger partial charge in [-0.15, -0.1) is 0 Å². The molecule has 1 unspecified atom stereocenters. The Hall–Kier alpha value is -1.94. The summed E-state index contributed by atoms with van der Waals surface area (Å²) in [5.41, 5.74) is 2.50. The Kier molecular flexibility index (Phi) is 4.58. The minimum Gasteiger partial charge on any atom is -0.293 e. The van der Waals surface area contributed by atoms with E-state index in [0.29, 0.717) is 5.56 Å². The van der Waals surface area contributed by atoms with Crippen LogP contribution in [0.25, 0.3) is 11.1 Å². The molecule has 0 saturated carbocycles. The molecule has 0 spiro atoms. The first kappa shape index (κ1) is 15.4. The van der Waals surface area contributed by atoms with Crippen molar-refractivity contribution in [3.8, 4) is 11.1 Å². The molecule has 0 saturated heterocycles. The van der Waals surface area contributed by atoms with Crippen LogP contribution in [-0.4, -0.2) is 25.7 Å². The average Bonchev–Trinajstić information content (AvgIpc) is 2.47. The number of sulfone groups is 1. The van der Waals surface area contributed by atoms with Crippen LogP contribution in [0.15, 0.2) is 54.6 Å². The van der Waals surface area contributed by atoms with Crippen molar-refractivity contribution < 1.29 is 13.2 Å². The molecule has 2 aromatic rings. The van der Waals surface area contributed by atoms with Gasteiger partial charge in [0.15, 0.2) is 15.6 Å². The molecule has 0 aliphatic carbocycles. The molecule has 0 bridgehead atoms. The van der Waals surface area contributed by atoms with Crippen LogP contribution < -0.4 is 0 Å². The normalized spacial score (nSPS) is 12.9. The van der Waals surface area contributed by atoms with E-state index in [0.717, 1.165) is 17.4 Å². The third kappa shape index (κ3) is 3.58. The van der Waals surface area contributed by atoms with Gasteiger partial charge in [0.05, 0.1) is 0 Å². The van der Waals surface area contributed by atoms with Gasteiger partial charge < -0.3 is 0 Å². The Bertz CT molecular complexity index is 716. The molecular weight excluding hydrogens is 284 g/mol. The fourth-order valence-electron chi connectivity index (χ4n) is 2.33. The number of rotatable bonds is 5. The Morgan fingerprint density at radius 2 is 1.48 bits per heavy atom. The number of Topliss-reactive ketones (excluding diaryl/α,β-unsaturated/α-hetero) is 1. The molecule has 0 radical (unpaired) electrons. The first-order valence-corrected chi connectivity index (χ1v) is 8.77. The van der Waals surface area contributed by atoms with Crippen LogP contribution in [0.1, 0.15) is 23.7 Å². The summed E-state index contributed by atoms with van der Waals surface area (Å²) in [7, 11) is -3.37. The molecule has 2 aromatic carbocycles. The zero-order valence-corrected chi connectivity index (χ0v) is 12.9. The Labute approximate surface area is 125 Å². The van der Waals surface area contributed by atoms with E-state index in [1.807, 2.05) is 42.5 Å². The van der Waals surface area contributed by atoms with Gasteiger partial charge in [0.2, 0.25) is 0 Å². The SMILES string of the molecule is CCC(C(=O)c1ccc(-c2ccccc2)cc1)S(C)(=O)=O. The zero-order chi connectivity index (χ0) is 15.5. The maximum Gasteiger partial charge on any atom is 0.180 e. The second-order valence-electron chi connectivity index (χ2n) is 5.03. The number of hydrogen-bond acceptors (Lipinski definition) is 3. The van der Waals surface area contributed by atoms with Gasteiger partial charge in [-0.1, -0.05) is 61.5 Å². The van der Waals surface area contributed by atoms with Gasteiger partial charge in [0.1, 0.15) is 5.25 Å². The second-order valence-corrected chi connectivity index (χ2v) is 7.26. The first-order valence-electron chi connectivity index (χ1n) is 6.82. The summed E-state index contributed by atoms with van der Waals surface area (Å²) in [5.74, 6) is -0.334. The number of carbonyl (C=O) groups excluding carboxylic acids is 1. The number of ketones is 1. The minimum atomic E-state index is -3.37. The van der Waals surface area contributed by atoms with E-state index in [4.69, 9.17) is 0 Å². The molecule has 110 valence electrons. The van der Waals surface area contributed by atoms with E-state index in [1.165, 1.54) is 0 Å². The summed E-state index contributed by atoms with van der Waals surface area (Å²) < 4.78 is 23.3. The smallest absolute Gasteiger partial charge is 0.180 e. The zero-order valence-electron chi connectivity index (χ0n) is 12.1. The fourth-order valence-corrected chi connectivity index (χ4v) is 3.46. The lowest BCUT2D eigenvalue weighted by Gasteiger charge is -2.12. The maximum absolute atomic E-state index is 12.3. The highest BCUT2D eigenvalue weighted by molar-refractivity contribution is 7.92. The van der Waals surface area contributed by atoms with Gasteiger partial charge in [-0.05, 0) is 17.5 Å². The van der Waals surface area contributed by atoms with Gasteiger partial charge in [-0.25, -0.2) is 8.42 Å². The molecule has 21 heavy (non-hydrogen) atoms. The molecule has 0 heterocycles. The highest BCUT2D eigenvalue weighted by atomic mass is 32.2. The molecule has 0 aliphatic rings. The standard InChI is InChI=1S/C17H18O3S/c1-3-16(21(2,19)20)17(18)15-11-9-14(10-12-15)13-7-5-4-6-8-13/h4-12,16H,3H2,1-2H3. The topological polar surface area (TPSA) is 51.2 Å². The van der Waals surface area contributed by atoms with Crippen LogP contribution in [0.5, 0.6) is 0 Å². The Morgan fingerprint density at radius 1 is 0.952 bits per heavy atom. The summed E-state index contributed by atoms with van der Waals surface area (Å²) in [6.45, 7) is 1.71. The monoisotopic (exact) mass is 302 g/mol. The lowest BCUT2D eigenvalue weighted by Crippen LogP contribution is -2.28. The van der Waals surface area contributed by atoms with E-state index < -0.39 is 15.1 Å². The Balaban J connectivity index is 2.29. The number of hydrogen-bond donors (Lipinski definition) is 0. The van der Waals surface area contributed by atoms with E-state index in [-0.39, 0.29) is 12.2 Å². The molecule has 1 atom stereocenters. The highest BCUT2D eigenvalue weighted by Crippen LogP contribution is 2.21. The fraction of sp³-hybridized carbons (Fsp3) is 0.235. The van der Waals surface area contributed by atoms with Crippen molar-refractivity contribution in [2.24, 2.45) is 0 Å². The molecule has 0 amide bonds. The van der Waals surface area contributed by atoms with Gasteiger partial charge in [0.25, 0.3) is 0 Å². The molecular formula is C17H18O3S. The summed E-state index contributed by atoms with van der Waals surface area (Å²) in [6, 6.07) is 16.9. The molecule has 4 heteroatoms. The largest absolute Gasteiger partial charge is 0.293 e. The number of benzene rings is 2. The van der Waals surface area contributed by atoms with E-state index in [9.17, 15) is 13.2 Å². The van der Waals surface area contributed by atoms with Crippen LogP contribution in [-0.2, 0) is 9.84 Å². The van der Waals surface area contributed by atoms with Crippen molar-refractivity contribution in [1.82, 2.24) is 0 Å². The van der Waals surface area contributed by atoms with Crippen molar-refractivity contribution >= 4 is 15.6 Å². The van der Waals surface area contributed by atoms with Crippen molar-refractivity contribution in [2.75, 3.05) is 6.26 Å². The van der Waals surface area contributed by atoms with Crippen LogP contribution in [0, 0.1) is 0 Å². The third-order valence-electron chi connectivity index (χ3n) is 3.46. The van der Waals surface area contributed by atoms with Crippen LogP contribution in [0.4, 0.5) is 0 Å². The molecule has 3 nitrogen and oxygen atoms in total. The molecule has 0 aliphatic heterocycles. The van der Waals surface area contributed by atoms with Crippen molar-refractivity contribution in [2.45, 2.75) is 18.6 Å². The van der Waals surface area contributed by atoms with Crippen LogP contribution in [0.2, 0.25) is 0 Å². The van der Waals surface area contributed by atoms with Crippen LogP contribution >= 0.6 is 0 Å². The predicted octanol–water partition coefficient (Wildman–Crippen LogP) is 3.36. The third-order valence-corrected chi connectivity index (χ3v) is 5.04. The van der Waals surface area contributed by atoms with Crippen LogP contribution in [0.3, 0.4) is 0 Å². The average molecular weight is 302 g/mol. The van der Waals surface area contributed by atoms with E-state index in [1.54, 1.807) is 19.1 Å². The molecule has 0 fully saturated rings. The summed E-state index contributed by atoms with van der Waals surface area (Å²) in [4.78, 5) is 12.3. The van der Waals surface area contributed by atoms with E-state index >= 15 is 0 Å². The summed E-state index contributed by atoms with van der Waals surface area (Å²) >= 11 is 0. The number of carbonyl (C=O) groups is 1. The summed E-state index contributed by atoms with van der Waals surface area (Å²) in [6.07, 6.45) is 1.40. The maximum atomic E-state index is 12.3. The highest BCUT2D eigenvalue weighted by Gasteiger charge is 2.27. The minimum absolute atomic E-state index is 0.290. The summed E-state index contributed by atoms with van der Waals surface area (Å²) in [5, 5.41) is -0.958. The Morgan fingerprint density at radius 3 is 1.95 bits per heavy atom. The van der Waals surface area contributed by atoms with Crippen molar-refractivity contribution in [1.29, 1.82) is 0 Å². The quantitative estimate of drug-likeness (QED) is 0.796. The molecule has 0 aromatic heterocycles. The van der Waals surface area contributed by atoms with Gasteiger partial charge >= 0.3 is 0 Å². The lowest BCUT2D eigenvalue weighted by atomic mass is 10.0. The van der Waals surface area contributed by atoms with Gasteiger partial charge in [-0.2, -0.15) is 0 Å².